The van der Waals surface area contributed by atoms with Crippen LogP contribution in [0.3, 0.4) is 0 Å². The van der Waals surface area contributed by atoms with Gasteiger partial charge in [0.2, 0.25) is 6.08 Å². The molecule has 1 aliphatic rings. The molecule has 3 nitrogen and oxygen atoms in total. The van der Waals surface area contributed by atoms with Gasteiger partial charge in [-0.15, -0.1) is 0 Å². The van der Waals surface area contributed by atoms with Crippen LogP contribution < -0.4 is 4.90 Å². The van der Waals surface area contributed by atoms with Crippen molar-refractivity contribution >= 4 is 11.8 Å². The smallest absolute Gasteiger partial charge is 0.235 e. The number of aliphatic imine (C=N–C) groups is 1. The summed E-state index contributed by atoms with van der Waals surface area (Å²) in [5, 5.41) is 0. The standard InChI is InChI=1S/C11H12N2O/c14-9-12-6-8-13-7-5-10-3-1-2-4-11(10)13/h1-4H,5-8H2. The lowest BCUT2D eigenvalue weighted by Crippen LogP contribution is -2.23. The van der Waals surface area contributed by atoms with Crippen LogP contribution in [0.5, 0.6) is 0 Å². The summed E-state index contributed by atoms with van der Waals surface area (Å²) in [6.07, 6.45) is 2.66. The molecule has 0 bridgehead atoms. The van der Waals surface area contributed by atoms with Crippen molar-refractivity contribution in [3.63, 3.8) is 0 Å². The van der Waals surface area contributed by atoms with Gasteiger partial charge >= 0.3 is 0 Å². The van der Waals surface area contributed by atoms with E-state index >= 15 is 0 Å². The lowest BCUT2D eigenvalue weighted by molar-refractivity contribution is 0.563. The topological polar surface area (TPSA) is 32.7 Å². The fraction of sp³-hybridized carbons (Fsp3) is 0.364. The van der Waals surface area contributed by atoms with Crippen molar-refractivity contribution in [2.24, 2.45) is 4.99 Å². The van der Waals surface area contributed by atoms with Gasteiger partial charge in [-0.1, -0.05) is 18.2 Å². The zero-order valence-corrected chi connectivity index (χ0v) is 7.94. The number of carbonyl (C=O) groups excluding carboxylic acids is 1. The van der Waals surface area contributed by atoms with E-state index in [2.05, 4.69) is 28.1 Å². The molecule has 0 atom stereocenters. The Morgan fingerprint density at radius 3 is 3.14 bits per heavy atom. The van der Waals surface area contributed by atoms with Gasteiger partial charge in [0.05, 0.1) is 6.54 Å². The average Bonchev–Trinajstić information content (AvgIpc) is 2.63. The van der Waals surface area contributed by atoms with Gasteiger partial charge in [-0.3, -0.25) is 0 Å². The molecule has 0 fully saturated rings. The minimum Gasteiger partial charge on any atom is -0.369 e. The Balaban J connectivity index is 2.06. The first-order chi connectivity index (χ1) is 6.92. The van der Waals surface area contributed by atoms with Crippen molar-refractivity contribution in [2.45, 2.75) is 6.42 Å². The highest BCUT2D eigenvalue weighted by Gasteiger charge is 2.16. The van der Waals surface area contributed by atoms with Crippen LogP contribution in [-0.4, -0.2) is 25.7 Å². The number of fused-ring (bicyclic) bond motifs is 1. The summed E-state index contributed by atoms with van der Waals surface area (Å²) in [7, 11) is 0. The van der Waals surface area contributed by atoms with Gasteiger partial charge in [0.25, 0.3) is 0 Å². The van der Waals surface area contributed by atoms with Crippen molar-refractivity contribution < 1.29 is 4.79 Å². The van der Waals surface area contributed by atoms with Gasteiger partial charge in [0.15, 0.2) is 0 Å². The first-order valence-corrected chi connectivity index (χ1v) is 4.78. The van der Waals surface area contributed by atoms with Crippen molar-refractivity contribution in [1.82, 2.24) is 0 Å². The fourth-order valence-electron chi connectivity index (χ4n) is 1.86. The summed E-state index contributed by atoms with van der Waals surface area (Å²) in [5.41, 5.74) is 2.68. The van der Waals surface area contributed by atoms with Crippen LogP contribution in [0, 0.1) is 0 Å². The van der Waals surface area contributed by atoms with Gasteiger partial charge in [-0.25, -0.2) is 9.79 Å². The van der Waals surface area contributed by atoms with Crippen molar-refractivity contribution in [3.8, 4) is 0 Å². The van der Waals surface area contributed by atoms with Crippen LogP contribution in [0.4, 0.5) is 5.69 Å². The van der Waals surface area contributed by atoms with Crippen LogP contribution in [0.1, 0.15) is 5.56 Å². The molecule has 0 aliphatic carbocycles. The van der Waals surface area contributed by atoms with Gasteiger partial charge < -0.3 is 4.90 Å². The van der Waals surface area contributed by atoms with E-state index in [0.29, 0.717) is 6.54 Å². The number of anilines is 1. The molecule has 0 radical (unpaired) electrons. The second-order valence-corrected chi connectivity index (χ2v) is 3.34. The lowest BCUT2D eigenvalue weighted by Gasteiger charge is -2.17. The summed E-state index contributed by atoms with van der Waals surface area (Å²) in [6.45, 7) is 2.39. The molecule has 3 heteroatoms. The average molecular weight is 188 g/mol. The van der Waals surface area contributed by atoms with E-state index in [1.54, 1.807) is 6.08 Å². The molecule has 0 unspecified atom stereocenters. The molecular formula is C11H12N2O. The quantitative estimate of drug-likeness (QED) is 0.530. The molecule has 1 aromatic carbocycles. The summed E-state index contributed by atoms with van der Waals surface area (Å²) in [4.78, 5) is 15.7. The summed E-state index contributed by atoms with van der Waals surface area (Å²) in [5.74, 6) is 0. The maximum atomic E-state index is 9.91. The Kier molecular flexibility index (Phi) is 2.61. The Hall–Kier alpha value is -1.60. The van der Waals surface area contributed by atoms with Crippen molar-refractivity contribution in [2.75, 3.05) is 24.5 Å². The number of hydrogen-bond acceptors (Lipinski definition) is 3. The van der Waals surface area contributed by atoms with Gasteiger partial charge in [-0.2, -0.15) is 0 Å². The minimum atomic E-state index is 0.540. The van der Waals surface area contributed by atoms with E-state index in [4.69, 9.17) is 0 Å². The fourth-order valence-corrected chi connectivity index (χ4v) is 1.86. The maximum absolute atomic E-state index is 9.91. The molecule has 1 heterocycles. The van der Waals surface area contributed by atoms with Crippen LogP contribution in [0.2, 0.25) is 0 Å². The second kappa shape index (κ2) is 4.07. The number of para-hydroxylation sites is 1. The molecule has 0 N–H and O–H groups in total. The predicted octanol–water partition coefficient (Wildman–Crippen LogP) is 1.38. The van der Waals surface area contributed by atoms with E-state index < -0.39 is 0 Å². The molecule has 0 saturated heterocycles. The van der Waals surface area contributed by atoms with E-state index in [-0.39, 0.29) is 0 Å². The molecule has 0 aromatic heterocycles. The first kappa shape index (κ1) is 8.97. The lowest BCUT2D eigenvalue weighted by atomic mass is 10.2. The Bertz CT molecular complexity index is 369. The Labute approximate surface area is 83.1 Å². The second-order valence-electron chi connectivity index (χ2n) is 3.34. The van der Waals surface area contributed by atoms with Crippen molar-refractivity contribution in [1.29, 1.82) is 0 Å². The largest absolute Gasteiger partial charge is 0.369 e. The molecule has 72 valence electrons. The number of benzene rings is 1. The molecule has 1 aromatic rings. The minimum absolute atomic E-state index is 0.540. The van der Waals surface area contributed by atoms with E-state index in [0.717, 1.165) is 19.5 Å². The highest BCUT2D eigenvalue weighted by molar-refractivity contribution is 5.57. The monoisotopic (exact) mass is 188 g/mol. The molecule has 1 aliphatic heterocycles. The summed E-state index contributed by atoms with van der Waals surface area (Å²) < 4.78 is 0. The molecule has 0 saturated carbocycles. The Morgan fingerprint density at radius 1 is 1.43 bits per heavy atom. The zero-order chi connectivity index (χ0) is 9.80. The van der Waals surface area contributed by atoms with E-state index in [1.165, 1.54) is 11.3 Å². The zero-order valence-electron chi connectivity index (χ0n) is 7.94. The Morgan fingerprint density at radius 2 is 2.29 bits per heavy atom. The third-order valence-corrected chi connectivity index (χ3v) is 2.53. The summed E-state index contributed by atoms with van der Waals surface area (Å²) >= 11 is 0. The third-order valence-electron chi connectivity index (χ3n) is 2.53. The molecule has 2 rings (SSSR count). The first-order valence-electron chi connectivity index (χ1n) is 4.78. The normalized spacial score (nSPS) is 13.6. The SMILES string of the molecule is O=C=NCCN1CCc2ccccc21. The van der Waals surface area contributed by atoms with Gasteiger partial charge in [0, 0.05) is 18.8 Å². The van der Waals surface area contributed by atoms with E-state index in [1.807, 2.05) is 6.07 Å². The molecule has 0 amide bonds. The predicted molar refractivity (Wildman–Crippen MR) is 55.3 cm³/mol. The molecule has 14 heavy (non-hydrogen) atoms. The van der Waals surface area contributed by atoms with Crippen molar-refractivity contribution in [3.05, 3.63) is 29.8 Å². The summed E-state index contributed by atoms with van der Waals surface area (Å²) in [6, 6.07) is 8.37. The van der Waals surface area contributed by atoms with Gasteiger partial charge in [-0.05, 0) is 18.1 Å². The molecular weight excluding hydrogens is 176 g/mol. The van der Waals surface area contributed by atoms with E-state index in [9.17, 15) is 4.79 Å². The van der Waals surface area contributed by atoms with Crippen LogP contribution in [0.25, 0.3) is 0 Å². The highest BCUT2D eigenvalue weighted by Crippen LogP contribution is 2.26. The molecule has 0 spiro atoms. The number of isocyanates is 1. The number of nitrogens with zero attached hydrogens (tertiary/aromatic N) is 2. The van der Waals surface area contributed by atoms with Crippen LogP contribution in [-0.2, 0) is 11.2 Å². The number of hydrogen-bond donors (Lipinski definition) is 0. The maximum Gasteiger partial charge on any atom is 0.235 e. The highest BCUT2D eigenvalue weighted by atomic mass is 16.1. The third kappa shape index (κ3) is 1.68. The number of rotatable bonds is 3. The van der Waals surface area contributed by atoms with Crippen LogP contribution in [0.15, 0.2) is 29.3 Å². The van der Waals surface area contributed by atoms with Crippen LogP contribution >= 0.6 is 0 Å². The van der Waals surface area contributed by atoms with Gasteiger partial charge in [0.1, 0.15) is 0 Å².